The molecule has 0 saturated carbocycles. The zero-order chi connectivity index (χ0) is 14.8. The van der Waals surface area contributed by atoms with Crippen LogP contribution >= 0.6 is 0 Å². The maximum Gasteiger partial charge on any atom is 0.410 e. The number of piperidine rings is 1. The van der Waals surface area contributed by atoms with Gasteiger partial charge in [0.1, 0.15) is 5.60 Å². The van der Waals surface area contributed by atoms with Gasteiger partial charge in [0.05, 0.1) is 0 Å². The summed E-state index contributed by atoms with van der Waals surface area (Å²) < 4.78 is 10.4. The molecule has 1 aromatic heterocycles. The minimum atomic E-state index is -0.450. The van der Waals surface area contributed by atoms with Gasteiger partial charge in [-0.05, 0) is 40.5 Å². The molecule has 0 aliphatic carbocycles. The van der Waals surface area contributed by atoms with Crippen molar-refractivity contribution in [2.75, 3.05) is 13.1 Å². The standard InChI is InChI=1S/C14H21N3O3/c1-10-15-12(20-16-10)9-11-5-7-17(8-6-11)13(18)19-14(2,3)4/h9H,5-8H2,1-4H3. The van der Waals surface area contributed by atoms with Crippen molar-refractivity contribution in [2.24, 2.45) is 0 Å². The molecule has 0 radical (unpaired) electrons. The van der Waals surface area contributed by atoms with Crippen molar-refractivity contribution in [3.63, 3.8) is 0 Å². The summed E-state index contributed by atoms with van der Waals surface area (Å²) in [6, 6.07) is 0. The van der Waals surface area contributed by atoms with E-state index in [1.165, 1.54) is 5.57 Å². The third kappa shape index (κ3) is 4.08. The van der Waals surface area contributed by atoms with Gasteiger partial charge in [-0.3, -0.25) is 0 Å². The van der Waals surface area contributed by atoms with Gasteiger partial charge in [0.15, 0.2) is 5.82 Å². The summed E-state index contributed by atoms with van der Waals surface area (Å²) in [6.45, 7) is 8.73. The fourth-order valence-corrected chi connectivity index (χ4v) is 1.99. The molecule has 0 bridgehead atoms. The fraction of sp³-hybridized carbons (Fsp3) is 0.643. The van der Waals surface area contributed by atoms with Crippen LogP contribution in [0.15, 0.2) is 10.1 Å². The number of hydrogen-bond donors (Lipinski definition) is 0. The number of aryl methyl sites for hydroxylation is 1. The van der Waals surface area contributed by atoms with Crippen LogP contribution in [0.25, 0.3) is 6.08 Å². The maximum absolute atomic E-state index is 11.9. The van der Waals surface area contributed by atoms with E-state index in [9.17, 15) is 4.79 Å². The van der Waals surface area contributed by atoms with Crippen LogP contribution in [-0.4, -0.2) is 39.8 Å². The quantitative estimate of drug-likeness (QED) is 0.790. The first-order chi connectivity index (χ1) is 9.33. The van der Waals surface area contributed by atoms with Crippen LogP contribution in [0.4, 0.5) is 4.79 Å². The second-order valence-electron chi connectivity index (χ2n) is 5.95. The first kappa shape index (κ1) is 14.6. The molecule has 6 heteroatoms. The summed E-state index contributed by atoms with van der Waals surface area (Å²) in [7, 11) is 0. The van der Waals surface area contributed by atoms with Crippen molar-refractivity contribution in [3.8, 4) is 0 Å². The van der Waals surface area contributed by atoms with Crippen LogP contribution in [0.3, 0.4) is 0 Å². The lowest BCUT2D eigenvalue weighted by molar-refractivity contribution is 0.0237. The van der Waals surface area contributed by atoms with Crippen LogP contribution in [-0.2, 0) is 4.74 Å². The molecule has 1 fully saturated rings. The fourth-order valence-electron chi connectivity index (χ4n) is 1.99. The van der Waals surface area contributed by atoms with Gasteiger partial charge in [0.25, 0.3) is 5.89 Å². The van der Waals surface area contributed by atoms with E-state index < -0.39 is 5.60 Å². The Balaban J connectivity index is 1.89. The van der Waals surface area contributed by atoms with Crippen LogP contribution in [0.1, 0.15) is 45.3 Å². The van der Waals surface area contributed by atoms with Crippen molar-refractivity contribution in [1.82, 2.24) is 15.0 Å². The van der Waals surface area contributed by atoms with Gasteiger partial charge in [-0.1, -0.05) is 10.7 Å². The monoisotopic (exact) mass is 279 g/mol. The summed E-state index contributed by atoms with van der Waals surface area (Å²) in [5, 5.41) is 3.75. The molecule has 0 aromatic carbocycles. The van der Waals surface area contributed by atoms with E-state index in [0.29, 0.717) is 24.8 Å². The van der Waals surface area contributed by atoms with Gasteiger partial charge in [-0.2, -0.15) is 4.98 Å². The number of rotatable bonds is 1. The first-order valence-corrected chi connectivity index (χ1v) is 6.81. The largest absolute Gasteiger partial charge is 0.444 e. The van der Waals surface area contributed by atoms with Gasteiger partial charge in [0, 0.05) is 19.2 Å². The Hall–Kier alpha value is -1.85. The molecule has 0 N–H and O–H groups in total. The smallest absolute Gasteiger partial charge is 0.410 e. The molecule has 0 spiro atoms. The molecule has 20 heavy (non-hydrogen) atoms. The molecule has 0 unspecified atom stereocenters. The summed E-state index contributed by atoms with van der Waals surface area (Å²) in [4.78, 5) is 17.8. The second kappa shape index (κ2) is 5.64. The number of amides is 1. The topological polar surface area (TPSA) is 68.5 Å². The van der Waals surface area contributed by atoms with Gasteiger partial charge in [0.2, 0.25) is 0 Å². The van der Waals surface area contributed by atoms with Gasteiger partial charge >= 0.3 is 6.09 Å². The van der Waals surface area contributed by atoms with E-state index in [4.69, 9.17) is 9.26 Å². The van der Waals surface area contributed by atoms with Crippen molar-refractivity contribution in [1.29, 1.82) is 0 Å². The Morgan fingerprint density at radius 2 is 2.00 bits per heavy atom. The summed E-state index contributed by atoms with van der Waals surface area (Å²) in [6.07, 6.45) is 3.28. The van der Waals surface area contributed by atoms with Gasteiger partial charge in [-0.15, -0.1) is 0 Å². The van der Waals surface area contributed by atoms with Crippen LogP contribution in [0.2, 0.25) is 0 Å². The molecular formula is C14H21N3O3. The molecule has 2 rings (SSSR count). The molecule has 110 valence electrons. The zero-order valence-electron chi connectivity index (χ0n) is 12.5. The Bertz CT molecular complexity index is 504. The highest BCUT2D eigenvalue weighted by molar-refractivity contribution is 5.68. The Morgan fingerprint density at radius 1 is 1.35 bits per heavy atom. The predicted octanol–water partition coefficient (Wildman–Crippen LogP) is 2.79. The lowest BCUT2D eigenvalue weighted by atomic mass is 10.0. The Morgan fingerprint density at radius 3 is 2.50 bits per heavy atom. The number of likely N-dealkylation sites (tertiary alicyclic amines) is 1. The van der Waals surface area contributed by atoms with E-state index in [2.05, 4.69) is 10.1 Å². The maximum atomic E-state index is 11.9. The molecule has 6 nitrogen and oxygen atoms in total. The van der Waals surface area contributed by atoms with Crippen molar-refractivity contribution in [2.45, 2.75) is 46.1 Å². The third-order valence-electron chi connectivity index (χ3n) is 2.93. The number of nitrogens with zero attached hydrogens (tertiary/aromatic N) is 3. The molecular weight excluding hydrogens is 258 g/mol. The summed E-state index contributed by atoms with van der Waals surface area (Å²) >= 11 is 0. The van der Waals surface area contributed by atoms with Crippen LogP contribution in [0, 0.1) is 6.92 Å². The normalized spacial score (nSPS) is 16.2. The first-order valence-electron chi connectivity index (χ1n) is 6.81. The molecule has 1 saturated heterocycles. The number of ether oxygens (including phenoxy) is 1. The molecule has 1 amide bonds. The predicted molar refractivity (Wildman–Crippen MR) is 74.1 cm³/mol. The van der Waals surface area contributed by atoms with E-state index >= 15 is 0 Å². The minimum absolute atomic E-state index is 0.245. The number of carbonyl (C=O) groups is 1. The van der Waals surface area contributed by atoms with E-state index in [1.807, 2.05) is 26.8 Å². The highest BCUT2D eigenvalue weighted by atomic mass is 16.6. The van der Waals surface area contributed by atoms with E-state index in [0.717, 1.165) is 12.8 Å². The molecule has 2 heterocycles. The van der Waals surface area contributed by atoms with Crippen molar-refractivity contribution < 1.29 is 14.1 Å². The number of aromatic nitrogens is 2. The molecule has 1 aliphatic heterocycles. The highest BCUT2D eigenvalue weighted by Crippen LogP contribution is 2.20. The lowest BCUT2D eigenvalue weighted by Gasteiger charge is -2.30. The number of hydrogen-bond acceptors (Lipinski definition) is 5. The highest BCUT2D eigenvalue weighted by Gasteiger charge is 2.24. The van der Waals surface area contributed by atoms with Crippen LogP contribution < -0.4 is 0 Å². The molecule has 0 atom stereocenters. The summed E-state index contributed by atoms with van der Waals surface area (Å²) in [5.41, 5.74) is 0.766. The van der Waals surface area contributed by atoms with E-state index in [-0.39, 0.29) is 6.09 Å². The molecule has 1 aliphatic rings. The zero-order valence-corrected chi connectivity index (χ0v) is 12.5. The lowest BCUT2D eigenvalue weighted by Crippen LogP contribution is -2.40. The number of carbonyl (C=O) groups excluding carboxylic acids is 1. The van der Waals surface area contributed by atoms with Crippen molar-refractivity contribution in [3.05, 3.63) is 17.3 Å². The van der Waals surface area contributed by atoms with Crippen LogP contribution in [0.5, 0.6) is 0 Å². The average molecular weight is 279 g/mol. The summed E-state index contributed by atoms with van der Waals surface area (Å²) in [5.74, 6) is 1.16. The van der Waals surface area contributed by atoms with Gasteiger partial charge in [-0.25, -0.2) is 4.79 Å². The van der Waals surface area contributed by atoms with E-state index in [1.54, 1.807) is 11.8 Å². The SMILES string of the molecule is Cc1noc(C=C2CCN(C(=O)OC(C)(C)C)CC2)n1. The average Bonchev–Trinajstić information content (AvgIpc) is 2.73. The Kier molecular flexibility index (Phi) is 4.11. The second-order valence-corrected chi connectivity index (χ2v) is 5.95. The molecule has 1 aromatic rings. The third-order valence-corrected chi connectivity index (χ3v) is 2.93. The minimum Gasteiger partial charge on any atom is -0.444 e. The van der Waals surface area contributed by atoms with Crippen molar-refractivity contribution >= 4 is 12.2 Å². The van der Waals surface area contributed by atoms with Gasteiger partial charge < -0.3 is 14.2 Å². The Labute approximate surface area is 118 Å².